The summed E-state index contributed by atoms with van der Waals surface area (Å²) in [6.45, 7) is 4.98. The number of rotatable bonds is 6. The molecule has 6 rings (SSSR count). The number of para-hydroxylation sites is 2. The second-order valence-electron chi connectivity index (χ2n) is 9.80. The van der Waals surface area contributed by atoms with Crippen LogP contribution in [-0.4, -0.2) is 90.6 Å². The maximum absolute atomic E-state index is 13.8. The van der Waals surface area contributed by atoms with Crippen LogP contribution in [0.3, 0.4) is 0 Å². The van der Waals surface area contributed by atoms with Crippen molar-refractivity contribution in [3.05, 3.63) is 65.4 Å². The van der Waals surface area contributed by atoms with Crippen LogP contribution in [0, 0.1) is 0 Å². The molecule has 8 heteroatoms. The van der Waals surface area contributed by atoms with Crippen molar-refractivity contribution in [1.82, 2.24) is 19.7 Å². The molecule has 3 aromatic rings. The number of benzene rings is 2. The van der Waals surface area contributed by atoms with Gasteiger partial charge in [-0.05, 0) is 24.1 Å². The highest BCUT2D eigenvalue weighted by atomic mass is 16.5. The van der Waals surface area contributed by atoms with E-state index in [1.807, 2.05) is 42.5 Å². The van der Waals surface area contributed by atoms with Gasteiger partial charge in [0, 0.05) is 54.8 Å². The van der Waals surface area contributed by atoms with E-state index < -0.39 is 12.1 Å². The molecule has 1 aromatic heterocycles. The SMILES string of the molecule is COc1ccccc1C1c2[nH]c3ccccc3c2C[C@H]2C(=O)N(CCCN3CCOCC3)CC(=O)N12. The number of carbonyl (C=O) groups is 2. The molecule has 0 bridgehead atoms. The van der Waals surface area contributed by atoms with Crippen molar-refractivity contribution in [1.29, 1.82) is 0 Å². The van der Waals surface area contributed by atoms with Crippen LogP contribution in [0.4, 0.5) is 0 Å². The molecule has 0 radical (unpaired) electrons. The highest BCUT2D eigenvalue weighted by Gasteiger charge is 2.48. The maximum atomic E-state index is 13.8. The first kappa shape index (κ1) is 23.1. The summed E-state index contributed by atoms with van der Waals surface area (Å²) in [6.07, 6.45) is 1.36. The fraction of sp³-hybridized carbons (Fsp3) is 0.429. The zero-order chi connectivity index (χ0) is 24.6. The molecular formula is C28H32N4O4. The number of piperazine rings is 1. The molecule has 0 aliphatic carbocycles. The van der Waals surface area contributed by atoms with Crippen LogP contribution in [0.1, 0.15) is 29.3 Å². The predicted molar refractivity (Wildman–Crippen MR) is 136 cm³/mol. The van der Waals surface area contributed by atoms with Gasteiger partial charge in [0.05, 0.1) is 26.9 Å². The summed E-state index contributed by atoms with van der Waals surface area (Å²) in [5.74, 6) is 0.722. The molecule has 2 amide bonds. The van der Waals surface area contributed by atoms with E-state index in [4.69, 9.17) is 9.47 Å². The van der Waals surface area contributed by atoms with E-state index in [-0.39, 0.29) is 18.4 Å². The molecule has 1 unspecified atom stereocenters. The van der Waals surface area contributed by atoms with Gasteiger partial charge in [0.2, 0.25) is 11.8 Å². The Morgan fingerprint density at radius 1 is 1.03 bits per heavy atom. The summed E-state index contributed by atoms with van der Waals surface area (Å²) in [5, 5.41) is 1.11. The van der Waals surface area contributed by atoms with E-state index in [0.29, 0.717) is 18.7 Å². The van der Waals surface area contributed by atoms with Crippen molar-refractivity contribution in [3.63, 3.8) is 0 Å². The van der Waals surface area contributed by atoms with Gasteiger partial charge in [-0.2, -0.15) is 0 Å². The first-order valence-corrected chi connectivity index (χ1v) is 12.8. The zero-order valence-electron chi connectivity index (χ0n) is 20.6. The van der Waals surface area contributed by atoms with E-state index in [9.17, 15) is 9.59 Å². The lowest BCUT2D eigenvalue weighted by Gasteiger charge is -2.47. The van der Waals surface area contributed by atoms with Gasteiger partial charge in [-0.25, -0.2) is 0 Å². The molecule has 188 valence electrons. The van der Waals surface area contributed by atoms with Crippen LogP contribution in [0.2, 0.25) is 0 Å². The third-order valence-corrected chi connectivity index (χ3v) is 7.78. The summed E-state index contributed by atoms with van der Waals surface area (Å²) in [7, 11) is 1.64. The number of aromatic nitrogens is 1. The largest absolute Gasteiger partial charge is 0.496 e. The standard InChI is InChI=1S/C28H32N4O4/c1-35-24-10-5-3-8-20(24)27-26-21(19-7-2-4-9-22(19)29-26)17-23-28(34)31(18-25(33)32(23)27)12-6-11-30-13-15-36-16-14-30/h2-5,7-10,23,27,29H,6,11-18H2,1H3/t23-,27?/m0/s1. The molecule has 8 nitrogen and oxygen atoms in total. The second-order valence-corrected chi connectivity index (χ2v) is 9.80. The van der Waals surface area contributed by atoms with Crippen LogP contribution in [0.5, 0.6) is 5.75 Å². The van der Waals surface area contributed by atoms with Crippen molar-refractivity contribution >= 4 is 22.7 Å². The van der Waals surface area contributed by atoms with E-state index in [2.05, 4.69) is 16.0 Å². The Morgan fingerprint density at radius 3 is 2.64 bits per heavy atom. The zero-order valence-corrected chi connectivity index (χ0v) is 20.6. The Bertz CT molecular complexity index is 1280. The Hall–Kier alpha value is -3.36. The fourth-order valence-electron chi connectivity index (χ4n) is 6.04. The number of H-pyrrole nitrogens is 1. The van der Waals surface area contributed by atoms with E-state index in [1.54, 1.807) is 16.9 Å². The molecule has 2 saturated heterocycles. The number of hydrogen-bond acceptors (Lipinski definition) is 5. The van der Waals surface area contributed by atoms with Gasteiger partial charge in [-0.3, -0.25) is 14.5 Å². The molecular weight excluding hydrogens is 456 g/mol. The van der Waals surface area contributed by atoms with Gasteiger partial charge in [0.15, 0.2) is 0 Å². The maximum Gasteiger partial charge on any atom is 0.246 e. The first-order valence-electron chi connectivity index (χ1n) is 12.8. The van der Waals surface area contributed by atoms with Crippen LogP contribution in [0.25, 0.3) is 10.9 Å². The summed E-state index contributed by atoms with van der Waals surface area (Å²) in [5.41, 5.74) is 3.99. The van der Waals surface area contributed by atoms with Gasteiger partial charge in [-0.1, -0.05) is 36.4 Å². The van der Waals surface area contributed by atoms with Crippen LogP contribution in [0.15, 0.2) is 48.5 Å². The molecule has 0 spiro atoms. The van der Waals surface area contributed by atoms with Gasteiger partial charge < -0.3 is 24.3 Å². The van der Waals surface area contributed by atoms with Crippen molar-refractivity contribution in [2.24, 2.45) is 0 Å². The lowest BCUT2D eigenvalue weighted by Crippen LogP contribution is -2.63. The van der Waals surface area contributed by atoms with Crippen molar-refractivity contribution < 1.29 is 19.1 Å². The lowest BCUT2D eigenvalue weighted by molar-refractivity contribution is -0.158. The van der Waals surface area contributed by atoms with E-state index >= 15 is 0 Å². The third kappa shape index (κ3) is 3.94. The second kappa shape index (κ2) is 9.59. The fourth-order valence-corrected chi connectivity index (χ4v) is 6.04. The Morgan fingerprint density at radius 2 is 1.81 bits per heavy atom. The number of hydrogen-bond donors (Lipinski definition) is 1. The number of carbonyl (C=O) groups excluding carboxylic acids is 2. The van der Waals surface area contributed by atoms with Gasteiger partial charge >= 0.3 is 0 Å². The van der Waals surface area contributed by atoms with E-state index in [1.165, 1.54) is 0 Å². The smallest absolute Gasteiger partial charge is 0.246 e. The summed E-state index contributed by atoms with van der Waals surface area (Å²) < 4.78 is 11.1. The van der Waals surface area contributed by atoms with Crippen LogP contribution >= 0.6 is 0 Å². The van der Waals surface area contributed by atoms with Gasteiger partial charge in [0.25, 0.3) is 0 Å². The number of nitrogens with one attached hydrogen (secondary N) is 1. The summed E-state index contributed by atoms with van der Waals surface area (Å²) in [6, 6.07) is 15.0. The number of nitrogens with zero attached hydrogens (tertiary/aromatic N) is 3. The van der Waals surface area contributed by atoms with Crippen molar-refractivity contribution in [2.75, 3.05) is 53.0 Å². The molecule has 3 aliphatic heterocycles. The van der Waals surface area contributed by atoms with Crippen LogP contribution < -0.4 is 4.74 Å². The molecule has 2 fully saturated rings. The summed E-state index contributed by atoms with van der Waals surface area (Å²) >= 11 is 0. The minimum atomic E-state index is -0.531. The minimum absolute atomic E-state index is 0.0221. The Balaban J connectivity index is 1.34. The average Bonchev–Trinajstić information content (AvgIpc) is 3.29. The molecule has 36 heavy (non-hydrogen) atoms. The van der Waals surface area contributed by atoms with Crippen molar-refractivity contribution in [3.8, 4) is 5.75 Å². The van der Waals surface area contributed by atoms with E-state index in [0.717, 1.165) is 67.0 Å². The molecule has 2 atom stereocenters. The van der Waals surface area contributed by atoms with Gasteiger partial charge in [0.1, 0.15) is 17.8 Å². The summed E-state index contributed by atoms with van der Waals surface area (Å²) in [4.78, 5) is 37.1. The molecule has 3 aliphatic rings. The lowest BCUT2D eigenvalue weighted by atomic mass is 9.86. The van der Waals surface area contributed by atoms with Crippen LogP contribution in [-0.2, 0) is 20.7 Å². The molecule has 4 heterocycles. The first-order chi connectivity index (χ1) is 17.7. The Labute approximate surface area is 210 Å². The quantitative estimate of drug-likeness (QED) is 0.577. The topological polar surface area (TPSA) is 78.1 Å². The number of ether oxygens (including phenoxy) is 2. The normalized spacial score (nSPS) is 22.6. The third-order valence-electron chi connectivity index (χ3n) is 7.78. The van der Waals surface area contributed by atoms with Gasteiger partial charge in [-0.15, -0.1) is 0 Å². The predicted octanol–water partition coefficient (Wildman–Crippen LogP) is 2.58. The molecule has 2 aromatic carbocycles. The molecule has 1 N–H and O–H groups in total. The number of amides is 2. The number of morpholine rings is 1. The highest BCUT2D eigenvalue weighted by Crippen LogP contribution is 2.44. The van der Waals surface area contributed by atoms with Crippen molar-refractivity contribution in [2.45, 2.75) is 24.9 Å². The number of aromatic amines is 1. The number of methoxy groups -OCH3 is 1. The Kier molecular flexibility index (Phi) is 6.15. The molecule has 0 saturated carbocycles. The number of fused-ring (bicyclic) bond motifs is 4. The average molecular weight is 489 g/mol. The minimum Gasteiger partial charge on any atom is -0.496 e. The highest BCUT2D eigenvalue weighted by molar-refractivity contribution is 5.97. The monoisotopic (exact) mass is 488 g/mol.